The van der Waals surface area contributed by atoms with Crippen molar-refractivity contribution in [1.29, 1.82) is 5.26 Å². The van der Waals surface area contributed by atoms with Gasteiger partial charge in [-0.2, -0.15) is 5.26 Å². The first-order valence-corrected chi connectivity index (χ1v) is 5.75. The second kappa shape index (κ2) is 7.59. The molecule has 1 aromatic rings. The Morgan fingerprint density at radius 1 is 1.56 bits per heavy atom. The predicted molar refractivity (Wildman–Crippen MR) is 68.5 cm³/mol. The van der Waals surface area contributed by atoms with Gasteiger partial charge >= 0.3 is 0 Å². The van der Waals surface area contributed by atoms with Gasteiger partial charge in [0.25, 0.3) is 0 Å². The third kappa shape index (κ3) is 5.09. The molecule has 0 heterocycles. The van der Waals surface area contributed by atoms with E-state index in [1.54, 1.807) is 12.1 Å². The molecule has 3 nitrogen and oxygen atoms in total. The molecular weight excluding hydrogens is 231 g/mol. The quantitative estimate of drug-likeness (QED) is 0.595. The largest absolute Gasteiger partial charge is 0.376 e. The number of benzene rings is 1. The van der Waals surface area contributed by atoms with Gasteiger partial charge in [0.15, 0.2) is 0 Å². The zero-order valence-corrected chi connectivity index (χ0v) is 10.5. The first kappa shape index (κ1) is 14.4. The maximum Gasteiger partial charge on any atom is 0.129 e. The van der Waals surface area contributed by atoms with Gasteiger partial charge in [-0.15, -0.1) is 0 Å². The lowest BCUT2D eigenvalue weighted by Gasteiger charge is -2.07. The van der Waals surface area contributed by atoms with E-state index in [4.69, 9.17) is 10.00 Å². The van der Waals surface area contributed by atoms with E-state index in [0.717, 1.165) is 5.57 Å². The highest BCUT2D eigenvalue weighted by Crippen LogP contribution is 2.09. The topological polar surface area (TPSA) is 45.0 Å². The molecule has 0 radical (unpaired) electrons. The highest BCUT2D eigenvalue weighted by Gasteiger charge is 2.02. The van der Waals surface area contributed by atoms with E-state index in [0.29, 0.717) is 37.4 Å². The summed E-state index contributed by atoms with van der Waals surface area (Å²) < 4.78 is 18.8. The van der Waals surface area contributed by atoms with Crippen LogP contribution >= 0.6 is 0 Å². The molecule has 0 aliphatic carbocycles. The highest BCUT2D eigenvalue weighted by molar-refractivity contribution is 5.32. The van der Waals surface area contributed by atoms with Crippen molar-refractivity contribution < 1.29 is 9.13 Å². The normalized spacial score (nSPS) is 10.1. The minimum atomic E-state index is -0.357. The molecule has 1 N–H and O–H groups in total. The minimum absolute atomic E-state index is 0.334. The SMILES string of the molecule is C=C(C)COCCNCc1ccc(C#N)cc1F. The molecule has 0 saturated heterocycles. The van der Waals surface area contributed by atoms with Crippen LogP contribution in [0, 0.1) is 17.1 Å². The van der Waals surface area contributed by atoms with Crippen molar-refractivity contribution in [3.05, 3.63) is 47.3 Å². The molecule has 0 amide bonds. The predicted octanol–water partition coefficient (Wildman–Crippen LogP) is 2.38. The molecule has 0 bridgehead atoms. The van der Waals surface area contributed by atoms with E-state index < -0.39 is 0 Å². The van der Waals surface area contributed by atoms with E-state index in [-0.39, 0.29) is 5.82 Å². The fourth-order valence-electron chi connectivity index (χ4n) is 1.37. The third-order valence-corrected chi connectivity index (χ3v) is 2.27. The Morgan fingerprint density at radius 3 is 2.94 bits per heavy atom. The second-order valence-electron chi connectivity index (χ2n) is 4.10. The smallest absolute Gasteiger partial charge is 0.129 e. The van der Waals surface area contributed by atoms with Crippen LogP contribution in [0.1, 0.15) is 18.1 Å². The van der Waals surface area contributed by atoms with Gasteiger partial charge in [0.1, 0.15) is 5.82 Å². The van der Waals surface area contributed by atoms with Crippen molar-refractivity contribution in [2.45, 2.75) is 13.5 Å². The average molecular weight is 248 g/mol. The Balaban J connectivity index is 2.27. The third-order valence-electron chi connectivity index (χ3n) is 2.27. The van der Waals surface area contributed by atoms with Crippen molar-refractivity contribution in [3.8, 4) is 6.07 Å². The zero-order chi connectivity index (χ0) is 13.4. The van der Waals surface area contributed by atoms with Gasteiger partial charge in [-0.3, -0.25) is 0 Å². The number of halogens is 1. The number of ether oxygens (including phenoxy) is 1. The minimum Gasteiger partial charge on any atom is -0.376 e. The Bertz CT molecular complexity index is 452. The van der Waals surface area contributed by atoms with Crippen LogP contribution in [-0.2, 0) is 11.3 Å². The van der Waals surface area contributed by atoms with Crippen LogP contribution in [0.5, 0.6) is 0 Å². The molecular formula is C14H17FN2O. The van der Waals surface area contributed by atoms with E-state index in [1.807, 2.05) is 13.0 Å². The van der Waals surface area contributed by atoms with E-state index >= 15 is 0 Å². The first-order valence-electron chi connectivity index (χ1n) is 5.75. The molecule has 1 aromatic carbocycles. The summed E-state index contributed by atoms with van der Waals surface area (Å²) in [6.45, 7) is 7.81. The average Bonchev–Trinajstić information content (AvgIpc) is 2.34. The van der Waals surface area contributed by atoms with Crippen LogP contribution in [0.15, 0.2) is 30.4 Å². The van der Waals surface area contributed by atoms with E-state index in [2.05, 4.69) is 11.9 Å². The van der Waals surface area contributed by atoms with Crippen molar-refractivity contribution in [1.82, 2.24) is 5.32 Å². The van der Waals surface area contributed by atoms with E-state index in [1.165, 1.54) is 6.07 Å². The lowest BCUT2D eigenvalue weighted by Crippen LogP contribution is -2.20. The summed E-state index contributed by atoms with van der Waals surface area (Å²) in [5.74, 6) is -0.357. The molecule has 0 aliphatic heterocycles. The molecule has 0 aliphatic rings. The molecule has 18 heavy (non-hydrogen) atoms. The molecule has 0 atom stereocenters. The van der Waals surface area contributed by atoms with Gasteiger partial charge in [-0.05, 0) is 19.1 Å². The summed E-state index contributed by atoms with van der Waals surface area (Å²) >= 11 is 0. The molecule has 1 rings (SSSR count). The summed E-state index contributed by atoms with van der Waals surface area (Å²) in [4.78, 5) is 0. The van der Waals surface area contributed by atoms with Gasteiger partial charge in [-0.1, -0.05) is 18.2 Å². The van der Waals surface area contributed by atoms with Crippen LogP contribution in [0.25, 0.3) is 0 Å². The van der Waals surface area contributed by atoms with Gasteiger partial charge in [0, 0.05) is 18.7 Å². The second-order valence-corrected chi connectivity index (χ2v) is 4.10. The van der Waals surface area contributed by atoms with Crippen LogP contribution in [-0.4, -0.2) is 19.8 Å². The van der Waals surface area contributed by atoms with Crippen molar-refractivity contribution >= 4 is 0 Å². The zero-order valence-electron chi connectivity index (χ0n) is 10.5. The lowest BCUT2D eigenvalue weighted by molar-refractivity contribution is 0.157. The molecule has 0 aromatic heterocycles. The Morgan fingerprint density at radius 2 is 2.33 bits per heavy atom. The van der Waals surface area contributed by atoms with Crippen molar-refractivity contribution in [2.24, 2.45) is 0 Å². The summed E-state index contributed by atoms with van der Waals surface area (Å²) in [5.41, 5.74) is 1.86. The fraction of sp³-hybridized carbons (Fsp3) is 0.357. The summed E-state index contributed by atoms with van der Waals surface area (Å²) in [6, 6.07) is 6.38. The number of rotatable bonds is 7. The summed E-state index contributed by atoms with van der Waals surface area (Å²) in [6.07, 6.45) is 0. The Labute approximate surface area is 107 Å². The first-order chi connectivity index (χ1) is 8.63. The van der Waals surface area contributed by atoms with Crippen LogP contribution in [0.2, 0.25) is 0 Å². The van der Waals surface area contributed by atoms with Crippen molar-refractivity contribution in [2.75, 3.05) is 19.8 Å². The molecule has 0 saturated carbocycles. The molecule has 0 fully saturated rings. The number of hydrogen-bond donors (Lipinski definition) is 1. The molecule has 4 heteroatoms. The highest BCUT2D eigenvalue weighted by atomic mass is 19.1. The number of nitrogens with zero attached hydrogens (tertiary/aromatic N) is 1. The van der Waals surface area contributed by atoms with Gasteiger partial charge in [0.05, 0.1) is 24.8 Å². The molecule has 96 valence electrons. The standard InChI is InChI=1S/C14H17FN2O/c1-11(2)10-18-6-5-17-9-13-4-3-12(8-16)7-14(13)15/h3-4,7,17H,1,5-6,9-10H2,2H3. The number of nitriles is 1. The van der Waals surface area contributed by atoms with Crippen molar-refractivity contribution in [3.63, 3.8) is 0 Å². The summed E-state index contributed by atoms with van der Waals surface area (Å²) in [5, 5.41) is 11.7. The Kier molecular flexibility index (Phi) is 6.06. The lowest BCUT2D eigenvalue weighted by atomic mass is 10.1. The number of hydrogen-bond acceptors (Lipinski definition) is 3. The molecule has 0 spiro atoms. The van der Waals surface area contributed by atoms with E-state index in [9.17, 15) is 4.39 Å². The van der Waals surface area contributed by atoms with Gasteiger partial charge in [-0.25, -0.2) is 4.39 Å². The van der Waals surface area contributed by atoms with Crippen LogP contribution < -0.4 is 5.32 Å². The molecule has 0 unspecified atom stereocenters. The fourth-order valence-corrected chi connectivity index (χ4v) is 1.37. The Hall–Kier alpha value is -1.70. The maximum absolute atomic E-state index is 13.5. The van der Waals surface area contributed by atoms with Crippen LogP contribution in [0.3, 0.4) is 0 Å². The van der Waals surface area contributed by atoms with Gasteiger partial charge in [0.2, 0.25) is 0 Å². The maximum atomic E-state index is 13.5. The van der Waals surface area contributed by atoms with Crippen LogP contribution in [0.4, 0.5) is 4.39 Å². The number of nitrogens with one attached hydrogen (secondary N) is 1. The monoisotopic (exact) mass is 248 g/mol. The summed E-state index contributed by atoms with van der Waals surface area (Å²) in [7, 11) is 0. The van der Waals surface area contributed by atoms with Gasteiger partial charge < -0.3 is 10.1 Å².